The van der Waals surface area contributed by atoms with Gasteiger partial charge in [-0.15, -0.1) is 0 Å². The highest BCUT2D eigenvalue weighted by Crippen LogP contribution is 2.28. The van der Waals surface area contributed by atoms with E-state index in [-0.39, 0.29) is 39.6 Å². The van der Waals surface area contributed by atoms with E-state index in [1.165, 1.54) is 45.3 Å². The van der Waals surface area contributed by atoms with Crippen LogP contribution < -0.4 is 5.73 Å². The third-order valence-corrected chi connectivity index (χ3v) is 16.4. The van der Waals surface area contributed by atoms with Gasteiger partial charge in [-0.25, -0.2) is 0 Å². The number of hydrogen-bond donors (Lipinski definition) is 1. The van der Waals surface area contributed by atoms with E-state index in [9.17, 15) is 14.4 Å². The molecule has 3 saturated heterocycles. The number of nitrogens with zero attached hydrogens (tertiary/aromatic N) is 6. The molecule has 0 amide bonds. The number of ether oxygens (including phenoxy) is 5. The molecule has 3 heterocycles. The number of esters is 3. The van der Waals surface area contributed by atoms with Crippen molar-refractivity contribution in [3.63, 3.8) is 0 Å². The number of hydrogen-bond acceptors (Lipinski definition) is 15. The van der Waals surface area contributed by atoms with E-state index in [1.807, 2.05) is 27.7 Å². The van der Waals surface area contributed by atoms with Gasteiger partial charge in [0, 0.05) is 58.9 Å². The Balaban J connectivity index is -0.000000507. The van der Waals surface area contributed by atoms with Crippen LogP contribution in [0.15, 0.2) is 0 Å². The van der Waals surface area contributed by atoms with E-state index < -0.39 is 11.0 Å². The Morgan fingerprint density at radius 3 is 0.935 bits per heavy atom. The SMILES string of the molecule is CC(C)(C)CCN1CCOCC1.CC(C)(C)CCOC(=O)C(C)(C)CCN1CCOCC1.CC(C)(C)CCOC(=O)C(C)(C)N.CC(CN(C)C)C(C)(C)C.CCCC(C)(C)C.CN(C)CCC(C)(C)C.CN1CCN(CCC(C)(C)C(=O)OCCC(C)(C)C)CC1. The summed E-state index contributed by atoms with van der Waals surface area (Å²) in [6, 6.07) is 0. The molecule has 3 fully saturated rings. The summed E-state index contributed by atoms with van der Waals surface area (Å²) in [6.45, 7) is 81.6. The van der Waals surface area contributed by atoms with Crippen molar-refractivity contribution in [2.45, 2.75) is 264 Å². The topological polar surface area (TPSA) is 143 Å². The molecule has 0 aromatic heterocycles. The summed E-state index contributed by atoms with van der Waals surface area (Å²) in [5.74, 6) is 0.301. The van der Waals surface area contributed by atoms with Crippen molar-refractivity contribution in [1.82, 2.24) is 29.4 Å². The molecule has 0 saturated carbocycles. The van der Waals surface area contributed by atoms with Gasteiger partial charge in [-0.05, 0) is 198 Å². The summed E-state index contributed by atoms with van der Waals surface area (Å²) in [5, 5.41) is 0. The van der Waals surface area contributed by atoms with Crippen molar-refractivity contribution >= 4 is 17.9 Å². The van der Waals surface area contributed by atoms with Gasteiger partial charge < -0.3 is 49.0 Å². The van der Waals surface area contributed by atoms with Crippen molar-refractivity contribution in [3.05, 3.63) is 0 Å². The van der Waals surface area contributed by atoms with E-state index in [1.54, 1.807) is 13.8 Å². The van der Waals surface area contributed by atoms with Crippen LogP contribution in [0.1, 0.15) is 259 Å². The van der Waals surface area contributed by atoms with Crippen LogP contribution in [0.3, 0.4) is 0 Å². The highest BCUT2D eigenvalue weighted by molar-refractivity contribution is 5.79. The normalized spacial score (nSPS) is 16.7. The lowest BCUT2D eigenvalue weighted by atomic mass is 9.82. The Bertz CT molecular complexity index is 1830. The third kappa shape index (κ3) is 65.3. The van der Waals surface area contributed by atoms with Crippen LogP contribution in [-0.4, -0.2) is 219 Å². The lowest BCUT2D eigenvalue weighted by Gasteiger charge is -2.34. The van der Waals surface area contributed by atoms with Crippen LogP contribution in [0.4, 0.5) is 0 Å². The summed E-state index contributed by atoms with van der Waals surface area (Å²) >= 11 is 0. The van der Waals surface area contributed by atoms with Gasteiger partial charge in [0.1, 0.15) is 5.54 Å². The van der Waals surface area contributed by atoms with Gasteiger partial charge in [0.15, 0.2) is 0 Å². The molecule has 15 nitrogen and oxygen atoms in total. The van der Waals surface area contributed by atoms with E-state index in [4.69, 9.17) is 29.4 Å². The number of rotatable bonds is 22. The second-order valence-corrected chi connectivity index (χ2v) is 37.6. The number of morpholine rings is 2. The van der Waals surface area contributed by atoms with Gasteiger partial charge >= 0.3 is 17.9 Å². The summed E-state index contributed by atoms with van der Waals surface area (Å²) in [5.41, 5.74) is 6.46. The fraction of sp³-hybridized carbons (Fsp3) is 0.961. The van der Waals surface area contributed by atoms with Crippen LogP contribution in [0.5, 0.6) is 0 Å². The molecule has 1 unspecified atom stereocenters. The average Bonchev–Trinajstić information content (AvgIpc) is 1.90. The number of carbonyl (C=O) groups is 3. The molecule has 92 heavy (non-hydrogen) atoms. The lowest BCUT2D eigenvalue weighted by Crippen LogP contribution is -2.45. The van der Waals surface area contributed by atoms with Gasteiger partial charge in [-0.1, -0.05) is 166 Å². The van der Waals surface area contributed by atoms with Crippen molar-refractivity contribution in [3.8, 4) is 0 Å². The molecule has 2 N–H and O–H groups in total. The third-order valence-electron chi connectivity index (χ3n) is 16.4. The van der Waals surface area contributed by atoms with E-state index in [0.717, 1.165) is 130 Å². The average molecular weight is 1320 g/mol. The van der Waals surface area contributed by atoms with Gasteiger partial charge in [0.05, 0.1) is 57.1 Å². The largest absolute Gasteiger partial charge is 0.465 e. The standard InChI is InChI=1S/C17H34N2O2.C16H31NO3.C10H21NO2.C10H21NO.C9H21N.C8H19N.C7H16/c1-16(2,3)8-14-21-15(20)17(4,5)7-9-19-12-10-18(6)11-13-19;1-15(2,3)7-11-20-14(18)16(4,5)6-8-17-9-12-19-13-10-17;1-9(2,3)6-7-13-8(12)10(4,5)11;1-10(2,3)4-5-11-6-8-12-9-7-11;1-8(7-10(5)6)9(2,3)4;1-8(2,3)6-7-9(4)5;1-5-6-7(2,3)4/h7-14H2,1-6H3;6-13H2,1-5H3;6-7,11H2,1-5H3;4-9H2,1-3H3;8H,7H2,1-6H3;6-7H2,1-5H3;5-6H2,1-4H3. The molecule has 3 rings (SSSR count). The minimum atomic E-state index is -0.877. The zero-order chi connectivity index (χ0) is 72.8. The minimum absolute atomic E-state index is 0.0547. The second-order valence-electron chi connectivity index (χ2n) is 37.6. The highest BCUT2D eigenvalue weighted by atomic mass is 16.5. The molecular weight excluding hydrogens is 1150 g/mol. The van der Waals surface area contributed by atoms with Crippen molar-refractivity contribution in [2.75, 3.05) is 167 Å². The van der Waals surface area contributed by atoms with Crippen molar-refractivity contribution < 1.29 is 38.1 Å². The van der Waals surface area contributed by atoms with Gasteiger partial charge in [0.2, 0.25) is 0 Å². The Kier molecular flexibility index (Phi) is 48.6. The maximum absolute atomic E-state index is 12.2. The Morgan fingerprint density at radius 2 is 0.707 bits per heavy atom. The first-order valence-electron chi connectivity index (χ1n) is 35.9. The maximum atomic E-state index is 12.2. The predicted molar refractivity (Wildman–Crippen MR) is 397 cm³/mol. The fourth-order valence-electron chi connectivity index (χ4n) is 8.35. The number of piperazine rings is 1. The summed E-state index contributed by atoms with van der Waals surface area (Å²) in [7, 11) is 10.6. The van der Waals surface area contributed by atoms with Crippen molar-refractivity contribution in [2.24, 2.45) is 60.4 Å². The second kappa shape index (κ2) is 46.3. The minimum Gasteiger partial charge on any atom is -0.465 e. The summed E-state index contributed by atoms with van der Waals surface area (Å²) < 4.78 is 26.6. The monoisotopic (exact) mass is 1310 g/mol. The molecule has 0 spiro atoms. The molecule has 0 aliphatic carbocycles. The van der Waals surface area contributed by atoms with Gasteiger partial charge in [-0.3, -0.25) is 24.2 Å². The fourth-order valence-corrected chi connectivity index (χ4v) is 8.35. The molecule has 15 heteroatoms. The first kappa shape index (κ1) is 96.4. The highest BCUT2D eigenvalue weighted by Gasteiger charge is 2.32. The van der Waals surface area contributed by atoms with Gasteiger partial charge in [-0.2, -0.15) is 0 Å². The van der Waals surface area contributed by atoms with Crippen LogP contribution in [0.2, 0.25) is 0 Å². The molecule has 0 bridgehead atoms. The molecule has 3 aliphatic heterocycles. The first-order chi connectivity index (χ1) is 41.3. The van der Waals surface area contributed by atoms with Crippen LogP contribution in [0.25, 0.3) is 0 Å². The van der Waals surface area contributed by atoms with Crippen LogP contribution in [0, 0.1) is 54.7 Å². The van der Waals surface area contributed by atoms with E-state index in [0.29, 0.717) is 41.5 Å². The van der Waals surface area contributed by atoms with Gasteiger partial charge in [0.25, 0.3) is 0 Å². The number of carbonyl (C=O) groups excluding carboxylic acids is 3. The predicted octanol–water partition coefficient (Wildman–Crippen LogP) is 15.8. The number of likely N-dealkylation sites (N-methyl/N-ethyl adjacent to an activating group) is 1. The zero-order valence-corrected chi connectivity index (χ0v) is 68.1. The lowest BCUT2D eigenvalue weighted by molar-refractivity contribution is -0.156. The Labute approximate surface area is 573 Å². The molecule has 1 atom stereocenters. The smallest absolute Gasteiger partial charge is 0.325 e. The van der Waals surface area contributed by atoms with Crippen molar-refractivity contribution in [1.29, 1.82) is 0 Å². The molecule has 0 aromatic carbocycles. The molecular formula is C77H163N7O8. The molecule has 3 aliphatic rings. The Hall–Kier alpha value is -1.95. The van der Waals surface area contributed by atoms with Crippen LogP contribution in [-0.2, 0) is 38.1 Å². The molecule has 0 aromatic rings. The maximum Gasteiger partial charge on any atom is 0.325 e. The molecule has 0 radical (unpaired) electrons. The van der Waals surface area contributed by atoms with Crippen LogP contribution >= 0.6 is 0 Å². The number of nitrogens with two attached hydrogens (primary N) is 1. The summed E-state index contributed by atoms with van der Waals surface area (Å²) in [6.07, 6.45) is 9.58. The van der Waals surface area contributed by atoms with E-state index >= 15 is 0 Å². The first-order valence-corrected chi connectivity index (χ1v) is 35.9. The summed E-state index contributed by atoms with van der Waals surface area (Å²) in [4.78, 5) is 49.7. The zero-order valence-electron chi connectivity index (χ0n) is 68.1. The quantitative estimate of drug-likeness (QED) is 0.0811. The Morgan fingerprint density at radius 1 is 0.413 bits per heavy atom. The molecule has 554 valence electrons. The van der Waals surface area contributed by atoms with E-state index in [2.05, 4.69) is 224 Å².